The number of rotatable bonds is 12. The van der Waals surface area contributed by atoms with Gasteiger partial charge in [0.05, 0.1) is 33.4 Å². The van der Waals surface area contributed by atoms with Gasteiger partial charge in [-0.25, -0.2) is 0 Å². The van der Waals surface area contributed by atoms with Crippen LogP contribution in [0.1, 0.15) is 23.6 Å². The topological polar surface area (TPSA) is 59.1 Å². The Morgan fingerprint density at radius 1 is 0.455 bits per heavy atom. The maximum absolute atomic E-state index is 12.8. The Kier molecular flexibility index (Phi) is 12.4. The van der Waals surface area contributed by atoms with Crippen LogP contribution in [0.15, 0.2) is 94.7 Å². The molecule has 0 unspecified atom stereocenters. The summed E-state index contributed by atoms with van der Waals surface area (Å²) in [5.41, 5.74) is 0. The quantitative estimate of drug-likeness (QED) is 0.0886. The van der Waals surface area contributed by atoms with Gasteiger partial charge in [0.2, 0.25) is 0 Å². The summed E-state index contributed by atoms with van der Waals surface area (Å²) in [6.45, 7) is 5.06. The number of methoxy groups -OCH3 is 2. The van der Waals surface area contributed by atoms with Crippen molar-refractivity contribution in [2.45, 2.75) is 13.8 Å². The fraction of sp³-hybridized carbons (Fsp3) is 0.125. The Bertz CT molecular complexity index is 3220. The number of ether oxygens (including phenoxy) is 2. The lowest BCUT2D eigenvalue weighted by molar-refractivity contribution is -0.122. The van der Waals surface area contributed by atoms with Gasteiger partial charge < -0.3 is 9.47 Å². The molecule has 66 heavy (non-hydrogen) atoms. The molecule has 0 radical (unpaired) electrons. The third kappa shape index (κ3) is 8.03. The number of hydrogen-bond acceptors (Lipinski definition) is 16. The summed E-state index contributed by atoms with van der Waals surface area (Å²) in [5.74, 6) is 1.72. The largest absolute Gasteiger partial charge is 0.495 e. The highest BCUT2D eigenvalue weighted by Crippen LogP contribution is 2.54. The molecular formula is C48H32N2O4S12. The van der Waals surface area contributed by atoms with E-state index in [1.165, 1.54) is 82.0 Å². The molecule has 0 N–H and O–H groups in total. The van der Waals surface area contributed by atoms with Crippen LogP contribution >= 0.6 is 139 Å². The maximum Gasteiger partial charge on any atom is 0.266 e. The minimum atomic E-state index is -0.0118. The molecule has 18 heteroatoms. The maximum atomic E-state index is 12.8. The molecule has 2 aliphatic heterocycles. The Hall–Kier alpha value is -3.76. The molecule has 0 spiro atoms. The van der Waals surface area contributed by atoms with Crippen LogP contribution in [-0.4, -0.2) is 57.6 Å². The number of carbonyl (C=O) groups is 2. The third-order valence-electron chi connectivity index (χ3n) is 10.8. The summed E-state index contributed by atoms with van der Waals surface area (Å²) in [6.07, 6.45) is 3.92. The molecule has 330 valence electrons. The van der Waals surface area contributed by atoms with E-state index >= 15 is 0 Å². The number of hydrogen-bond donors (Lipinski definition) is 0. The van der Waals surface area contributed by atoms with Crippen molar-refractivity contribution < 1.29 is 19.1 Å². The summed E-state index contributed by atoms with van der Waals surface area (Å²) in [7, 11) is 3.52. The summed E-state index contributed by atoms with van der Waals surface area (Å²) >= 11 is 27.6. The van der Waals surface area contributed by atoms with Crippen LogP contribution in [-0.2, 0) is 9.59 Å². The molecule has 11 rings (SSSR count). The molecule has 1 aromatic carbocycles. The van der Waals surface area contributed by atoms with Crippen LogP contribution in [0.5, 0.6) is 11.5 Å². The molecule has 2 amide bonds. The van der Waals surface area contributed by atoms with E-state index < -0.39 is 0 Å². The second-order valence-electron chi connectivity index (χ2n) is 14.7. The molecule has 0 aliphatic carbocycles. The van der Waals surface area contributed by atoms with Crippen LogP contribution in [0.2, 0.25) is 0 Å². The van der Waals surface area contributed by atoms with Crippen molar-refractivity contribution in [1.29, 1.82) is 0 Å². The lowest BCUT2D eigenvalue weighted by atomic mass is 10.1. The molecule has 0 atom stereocenters. The highest BCUT2D eigenvalue weighted by atomic mass is 32.2. The predicted octanol–water partition coefficient (Wildman–Crippen LogP) is 16.9. The zero-order valence-corrected chi connectivity index (χ0v) is 44.9. The lowest BCUT2D eigenvalue weighted by Crippen LogP contribution is -2.27. The van der Waals surface area contributed by atoms with Crippen molar-refractivity contribution in [1.82, 2.24) is 9.80 Å². The van der Waals surface area contributed by atoms with Gasteiger partial charge in [-0.2, -0.15) is 0 Å². The van der Waals surface area contributed by atoms with Gasteiger partial charge in [-0.15, -0.1) is 90.7 Å². The number of fused-ring (bicyclic) bond motifs is 2. The molecule has 10 heterocycles. The molecule has 2 saturated heterocycles. The highest BCUT2D eigenvalue weighted by Gasteiger charge is 2.32. The van der Waals surface area contributed by atoms with Crippen molar-refractivity contribution in [2.75, 3.05) is 27.3 Å². The summed E-state index contributed by atoms with van der Waals surface area (Å²) in [6, 6.07) is 30.6. The first-order valence-corrected chi connectivity index (χ1v) is 29.3. The molecule has 8 aromatic heterocycles. The van der Waals surface area contributed by atoms with E-state index in [0.717, 1.165) is 41.4 Å². The second kappa shape index (κ2) is 18.3. The summed E-state index contributed by atoms with van der Waals surface area (Å²) < 4.78 is 15.8. The van der Waals surface area contributed by atoms with Crippen LogP contribution in [0.4, 0.5) is 0 Å². The number of carbonyl (C=O) groups excluding carboxylic acids is 2. The van der Waals surface area contributed by atoms with E-state index in [0.29, 0.717) is 31.5 Å². The third-order valence-corrected chi connectivity index (χ3v) is 23.4. The normalized spacial score (nSPS) is 15.7. The van der Waals surface area contributed by atoms with E-state index in [1.807, 2.05) is 26.0 Å². The fourth-order valence-electron chi connectivity index (χ4n) is 7.69. The first kappa shape index (κ1) is 44.7. The van der Waals surface area contributed by atoms with E-state index in [9.17, 15) is 9.59 Å². The number of likely N-dealkylation sites (N-methyl/N-ethyl adjacent to an activating group) is 2. The van der Waals surface area contributed by atoms with Gasteiger partial charge in [0.15, 0.2) is 0 Å². The van der Waals surface area contributed by atoms with Gasteiger partial charge in [0.1, 0.15) is 20.1 Å². The standard InChI is InChI=1S/C48H32N2O4S12/c1-5-49-45(51)39(65-47(49)55)19-23-7-9-27(57-23)29-11-13-31(59-29)33-15-17-35(61-33)37-21-25-41(53-3)44-26(42(54-4)43(25)63-37)22-38(64-44)36-18-16-34(62-36)32-14-12-30(60-32)28-10-8-24(58-28)20-40-46(52)50(6-2)48(56)66-40/h7-22H,5-6H2,1-4H3/b39-19-,40-20-. The van der Waals surface area contributed by atoms with Crippen molar-refractivity contribution in [3.05, 3.63) is 104 Å². The van der Waals surface area contributed by atoms with Crippen molar-refractivity contribution >= 4 is 191 Å². The van der Waals surface area contributed by atoms with Crippen LogP contribution in [0, 0.1) is 0 Å². The highest BCUT2D eigenvalue weighted by molar-refractivity contribution is 8.27. The molecule has 2 aliphatic rings. The minimum absolute atomic E-state index is 0.0118. The number of thiophene rings is 8. The second-order valence-corrected chi connectivity index (χ2v) is 26.7. The first-order valence-electron chi connectivity index (χ1n) is 20.3. The van der Waals surface area contributed by atoms with Gasteiger partial charge in [-0.05, 0) is 111 Å². The molecule has 0 saturated carbocycles. The average molecular weight is 1090 g/mol. The van der Waals surface area contributed by atoms with Gasteiger partial charge in [0, 0.05) is 92.1 Å². The number of benzene rings is 1. The molecule has 9 aromatic rings. The lowest BCUT2D eigenvalue weighted by Gasteiger charge is -2.09. The predicted molar refractivity (Wildman–Crippen MR) is 301 cm³/mol. The van der Waals surface area contributed by atoms with Crippen molar-refractivity contribution in [3.8, 4) is 70.0 Å². The van der Waals surface area contributed by atoms with Crippen molar-refractivity contribution in [2.24, 2.45) is 0 Å². The minimum Gasteiger partial charge on any atom is -0.495 e. The van der Waals surface area contributed by atoms with Gasteiger partial charge in [0.25, 0.3) is 11.8 Å². The monoisotopic (exact) mass is 1080 g/mol. The fourth-order valence-corrected chi connectivity index (χ4v) is 19.4. The molecular weight excluding hydrogens is 1050 g/mol. The van der Waals surface area contributed by atoms with Crippen LogP contribution in [0.25, 0.3) is 90.9 Å². The van der Waals surface area contributed by atoms with Crippen molar-refractivity contribution in [3.63, 3.8) is 0 Å². The molecule has 6 nitrogen and oxygen atoms in total. The first-order chi connectivity index (χ1) is 32.1. The average Bonchev–Trinajstić information content (AvgIpc) is 4.13. The zero-order chi connectivity index (χ0) is 45.4. The Labute approximate surface area is 431 Å². The zero-order valence-electron chi connectivity index (χ0n) is 35.1. The van der Waals surface area contributed by atoms with Gasteiger partial charge >= 0.3 is 0 Å². The number of thiocarbonyl (C=S) groups is 2. The number of nitrogens with zero attached hydrogens (tertiary/aromatic N) is 2. The van der Waals surface area contributed by atoms with Crippen LogP contribution in [0.3, 0.4) is 0 Å². The SMILES string of the molecule is CCN1C(=O)/C(=C/c2ccc(-c3ccc(-c4ccc(-c5cc6c(OC)c7sc(-c8ccc(-c9ccc(-c%10ccc(/C=C%11\SC(=S)N(CC)C%11=O)s%10)s9)s8)cc7c(OC)c6s5)s4)s3)s2)SC1=S. The smallest absolute Gasteiger partial charge is 0.266 e. The summed E-state index contributed by atoms with van der Waals surface area (Å²) in [4.78, 5) is 46.7. The van der Waals surface area contributed by atoms with Crippen LogP contribution < -0.4 is 9.47 Å². The molecule has 0 bridgehead atoms. The van der Waals surface area contributed by atoms with Gasteiger partial charge in [-0.3, -0.25) is 19.4 Å². The number of thioether (sulfide) groups is 2. The van der Waals surface area contributed by atoms with E-state index in [-0.39, 0.29) is 11.8 Å². The van der Waals surface area contributed by atoms with E-state index in [1.54, 1.807) is 115 Å². The number of amides is 2. The molecule has 2 fully saturated rings. The Morgan fingerprint density at radius 3 is 1.06 bits per heavy atom. The van der Waals surface area contributed by atoms with E-state index in [4.69, 9.17) is 33.9 Å². The van der Waals surface area contributed by atoms with E-state index in [2.05, 4.69) is 84.9 Å². The Morgan fingerprint density at radius 2 is 0.758 bits per heavy atom. The summed E-state index contributed by atoms with van der Waals surface area (Å²) in [5, 5.41) is 2.11. The van der Waals surface area contributed by atoms with Gasteiger partial charge in [-0.1, -0.05) is 48.0 Å². The Balaban J connectivity index is 0.825.